The van der Waals surface area contributed by atoms with Crippen LogP contribution in [0.4, 0.5) is 37.7 Å². The first-order valence-corrected chi connectivity index (χ1v) is 21.2. The molecule has 1 unspecified atom stereocenters. The van der Waals surface area contributed by atoms with Crippen molar-refractivity contribution in [3.8, 4) is 23.1 Å². The van der Waals surface area contributed by atoms with Gasteiger partial charge in [-0.2, -0.15) is 18.4 Å². The molecule has 14 nitrogen and oxygen atoms in total. The van der Waals surface area contributed by atoms with Crippen LogP contribution in [0.25, 0.3) is 11.3 Å². The standard InChI is InChI=1S/C46H47F6N7O7S/c1-44(2,3)39(41(63)57-23-29(60)19-33(57)40(62)55-21-25-9-7-6-8-10-25)56-35(61)24-65-15-16-66-34-14-12-26(17-30(34)47)38-31(48)18-28(22-54-38)59-43(67)58(42(64)45(59,4)5)32-13-11-27(20-53)36(37(32)49)46(50,51)52/h6-14,17-18,22,29,33,39,42,60,64H,15-16,19,21,23-24H2,1-5H3,(H,55,62)(H,56,61)/t29-,33+,39-,42?/m1/s1. The first kappa shape index (κ1) is 50.1. The van der Waals surface area contributed by atoms with E-state index in [1.165, 1.54) is 41.8 Å². The molecule has 2 fully saturated rings. The summed E-state index contributed by atoms with van der Waals surface area (Å²) < 4.78 is 98.7. The van der Waals surface area contributed by atoms with Crippen molar-refractivity contribution < 1.29 is 60.4 Å². The Morgan fingerprint density at radius 3 is 2.33 bits per heavy atom. The zero-order valence-corrected chi connectivity index (χ0v) is 37.6. The van der Waals surface area contributed by atoms with Gasteiger partial charge in [-0.05, 0) is 67.4 Å². The maximum atomic E-state index is 15.7. The minimum Gasteiger partial charge on any atom is -0.488 e. The number of rotatable bonds is 14. The third kappa shape index (κ3) is 10.8. The van der Waals surface area contributed by atoms with Gasteiger partial charge in [0.05, 0.1) is 47.5 Å². The van der Waals surface area contributed by atoms with Crippen LogP contribution in [0, 0.1) is 34.2 Å². The third-order valence-electron chi connectivity index (χ3n) is 11.2. The Kier molecular flexibility index (Phi) is 14.8. The smallest absolute Gasteiger partial charge is 0.420 e. The number of halogens is 6. The lowest BCUT2D eigenvalue weighted by Crippen LogP contribution is -2.58. The van der Waals surface area contributed by atoms with Crippen molar-refractivity contribution in [1.29, 1.82) is 5.26 Å². The molecule has 21 heteroatoms. The third-order valence-corrected chi connectivity index (χ3v) is 11.6. The van der Waals surface area contributed by atoms with Crippen LogP contribution >= 0.6 is 12.2 Å². The Labute approximate surface area is 387 Å². The summed E-state index contributed by atoms with van der Waals surface area (Å²) in [5, 5.41) is 35.9. The quantitative estimate of drug-likeness (QED) is 0.0662. The van der Waals surface area contributed by atoms with E-state index in [0.717, 1.165) is 40.9 Å². The summed E-state index contributed by atoms with van der Waals surface area (Å²) in [4.78, 5) is 47.3. The zero-order chi connectivity index (χ0) is 49.2. The van der Waals surface area contributed by atoms with Gasteiger partial charge in [0.15, 0.2) is 34.5 Å². The highest BCUT2D eigenvalue weighted by Crippen LogP contribution is 2.44. The second-order valence-electron chi connectivity index (χ2n) is 17.5. The molecule has 2 aliphatic rings. The van der Waals surface area contributed by atoms with Crippen LogP contribution in [0.5, 0.6) is 5.75 Å². The SMILES string of the molecule is CC(C)(C)[C@H](NC(=O)COCCOc1ccc(-c2ncc(N3C(=S)N(c4ccc(C#N)c(C(F)(F)F)c4F)C(O)C3(C)C)cc2F)cc1F)C(=O)N1C[C@H](O)C[C@H]1C(=O)NCc1ccccc1. The highest BCUT2D eigenvalue weighted by Gasteiger charge is 2.52. The van der Waals surface area contributed by atoms with Crippen molar-refractivity contribution in [3.05, 3.63) is 107 Å². The van der Waals surface area contributed by atoms with E-state index in [1.807, 2.05) is 30.3 Å². The highest BCUT2D eigenvalue weighted by atomic mass is 32.1. The van der Waals surface area contributed by atoms with Gasteiger partial charge in [0, 0.05) is 31.1 Å². The lowest BCUT2D eigenvalue weighted by molar-refractivity contribution is -0.144. The van der Waals surface area contributed by atoms with E-state index in [0.29, 0.717) is 0 Å². The number of aliphatic hydroxyl groups excluding tert-OH is 2. The largest absolute Gasteiger partial charge is 0.488 e. The summed E-state index contributed by atoms with van der Waals surface area (Å²) in [5.74, 6) is -5.62. The fourth-order valence-corrected chi connectivity index (χ4v) is 8.36. The topological polar surface area (TPSA) is 181 Å². The van der Waals surface area contributed by atoms with Gasteiger partial charge in [-0.1, -0.05) is 51.1 Å². The first-order chi connectivity index (χ1) is 31.4. The van der Waals surface area contributed by atoms with E-state index in [-0.39, 0.29) is 55.4 Å². The molecule has 4 aromatic rings. The van der Waals surface area contributed by atoms with E-state index in [1.54, 1.807) is 20.8 Å². The Bertz CT molecular complexity index is 2570. The molecular formula is C46H47F6N7O7S. The molecule has 4 N–H and O–H groups in total. The molecular weight excluding hydrogens is 909 g/mol. The number of thiocarbonyl (C=S) groups is 1. The van der Waals surface area contributed by atoms with Crippen LogP contribution in [0.3, 0.4) is 0 Å². The lowest BCUT2D eigenvalue weighted by atomic mass is 9.85. The summed E-state index contributed by atoms with van der Waals surface area (Å²) >= 11 is 5.47. The van der Waals surface area contributed by atoms with Crippen LogP contribution < -0.4 is 25.2 Å². The second kappa shape index (κ2) is 19.9. The number of hydrogen-bond donors (Lipinski definition) is 4. The van der Waals surface area contributed by atoms with Crippen molar-refractivity contribution in [3.63, 3.8) is 0 Å². The number of likely N-dealkylation sites (tertiary alicyclic amines) is 1. The summed E-state index contributed by atoms with van der Waals surface area (Å²) in [6, 6.07) is 14.5. The first-order valence-electron chi connectivity index (χ1n) is 20.8. The van der Waals surface area contributed by atoms with Gasteiger partial charge in [-0.3, -0.25) is 24.3 Å². The van der Waals surface area contributed by atoms with Crippen LogP contribution in [-0.2, 0) is 31.8 Å². The number of nitriles is 1. The average Bonchev–Trinajstić information content (AvgIpc) is 3.73. The van der Waals surface area contributed by atoms with Gasteiger partial charge in [-0.25, -0.2) is 13.2 Å². The normalized spacial score (nSPS) is 18.7. The molecule has 6 rings (SSSR count). The van der Waals surface area contributed by atoms with Crippen molar-refractivity contribution in [1.82, 2.24) is 20.5 Å². The Hall–Kier alpha value is -6.34. The van der Waals surface area contributed by atoms with E-state index >= 15 is 13.2 Å². The zero-order valence-electron chi connectivity index (χ0n) is 36.8. The molecule has 0 saturated carbocycles. The van der Waals surface area contributed by atoms with Gasteiger partial charge in [-0.15, -0.1) is 0 Å². The summed E-state index contributed by atoms with van der Waals surface area (Å²) in [6.45, 7) is 7.27. The molecule has 0 bridgehead atoms. The minimum absolute atomic E-state index is 0.0170. The Balaban J connectivity index is 1.04. The number of aromatic nitrogens is 1. The van der Waals surface area contributed by atoms with Gasteiger partial charge >= 0.3 is 6.18 Å². The molecule has 3 aromatic carbocycles. The molecule has 67 heavy (non-hydrogen) atoms. The molecule has 0 aliphatic carbocycles. The van der Waals surface area contributed by atoms with Crippen LogP contribution in [0.1, 0.15) is 57.7 Å². The lowest BCUT2D eigenvalue weighted by Gasteiger charge is -2.35. The van der Waals surface area contributed by atoms with E-state index in [9.17, 15) is 37.8 Å². The number of carbonyl (C=O) groups excluding carboxylic acids is 3. The number of nitrogens with one attached hydrogen (secondary N) is 2. The molecule has 0 radical (unpaired) electrons. The van der Waals surface area contributed by atoms with Crippen molar-refractivity contribution in [2.75, 3.05) is 36.2 Å². The summed E-state index contributed by atoms with van der Waals surface area (Å²) in [5.41, 5.74) is -5.44. The number of aliphatic hydroxyl groups is 2. The van der Waals surface area contributed by atoms with Crippen molar-refractivity contribution in [2.24, 2.45) is 5.41 Å². The summed E-state index contributed by atoms with van der Waals surface area (Å²) in [7, 11) is 0. The van der Waals surface area contributed by atoms with Gasteiger partial charge in [0.25, 0.3) is 0 Å². The van der Waals surface area contributed by atoms with Crippen LogP contribution in [-0.4, -0.2) is 99.3 Å². The molecule has 3 heterocycles. The molecule has 0 spiro atoms. The number of amides is 3. The van der Waals surface area contributed by atoms with E-state index < -0.39 is 105 Å². The van der Waals surface area contributed by atoms with Gasteiger partial charge in [0.2, 0.25) is 17.7 Å². The predicted octanol–water partition coefficient (Wildman–Crippen LogP) is 5.97. The Morgan fingerprint density at radius 1 is 1.00 bits per heavy atom. The maximum Gasteiger partial charge on any atom is 0.420 e. The molecule has 3 amide bonds. The predicted molar refractivity (Wildman–Crippen MR) is 235 cm³/mol. The van der Waals surface area contributed by atoms with E-state index in [4.69, 9.17) is 27.0 Å². The van der Waals surface area contributed by atoms with Crippen molar-refractivity contribution >= 4 is 46.4 Å². The number of anilines is 2. The van der Waals surface area contributed by atoms with E-state index in [2.05, 4.69) is 15.6 Å². The van der Waals surface area contributed by atoms with Crippen LogP contribution in [0.15, 0.2) is 72.9 Å². The summed E-state index contributed by atoms with van der Waals surface area (Å²) in [6.07, 6.45) is -6.79. The average molecular weight is 956 g/mol. The minimum atomic E-state index is -5.26. The Morgan fingerprint density at radius 2 is 1.70 bits per heavy atom. The van der Waals surface area contributed by atoms with Gasteiger partial charge < -0.3 is 40.1 Å². The monoisotopic (exact) mass is 955 g/mol. The molecule has 1 aromatic heterocycles. The molecule has 4 atom stereocenters. The fraction of sp³-hybridized carbons (Fsp3) is 0.391. The van der Waals surface area contributed by atoms with Crippen LogP contribution in [0.2, 0.25) is 0 Å². The second-order valence-corrected chi connectivity index (χ2v) is 17.8. The molecule has 2 saturated heterocycles. The number of β-amino-alcohol motifs (C(OH)–C–C–N with tert-alkyl or cyclic N) is 1. The number of ether oxygens (including phenoxy) is 2. The molecule has 356 valence electrons. The highest BCUT2D eigenvalue weighted by molar-refractivity contribution is 7.80. The van der Waals surface area contributed by atoms with Gasteiger partial charge in [0.1, 0.15) is 36.6 Å². The number of nitrogens with zero attached hydrogens (tertiary/aromatic N) is 5. The fourth-order valence-electron chi connectivity index (χ4n) is 7.82. The number of hydrogen-bond acceptors (Lipinski definition) is 10. The molecule has 2 aliphatic heterocycles. The number of carbonyl (C=O) groups is 3. The maximum absolute atomic E-state index is 15.7. The van der Waals surface area contributed by atoms with Crippen molar-refractivity contribution in [2.45, 2.75) is 83.7 Å². The number of benzene rings is 3. The number of alkyl halides is 3. The number of pyridine rings is 1.